The van der Waals surface area contributed by atoms with E-state index in [4.69, 9.17) is 0 Å². The average Bonchev–Trinajstić information content (AvgIpc) is 2.51. The van der Waals surface area contributed by atoms with Gasteiger partial charge in [-0.15, -0.1) is 0 Å². The average molecular weight is 377 g/mol. The van der Waals surface area contributed by atoms with Gasteiger partial charge in [0.15, 0.2) is 0 Å². The van der Waals surface area contributed by atoms with Gasteiger partial charge in [0.05, 0.1) is 17.0 Å². The van der Waals surface area contributed by atoms with Crippen LogP contribution in [0.5, 0.6) is 0 Å². The molecule has 4 heteroatoms. The number of nitrogens with zero attached hydrogens (tertiary/aromatic N) is 2. The van der Waals surface area contributed by atoms with Crippen molar-refractivity contribution in [3.8, 4) is 0 Å². The molecule has 124 valence electrons. The highest BCUT2D eigenvalue weighted by Gasteiger charge is 2.63. The fraction of sp³-hybridized carbons (Fsp3) is 0.632. The lowest BCUT2D eigenvalue weighted by Crippen LogP contribution is -2.76. The van der Waals surface area contributed by atoms with Gasteiger partial charge >= 0.3 is 0 Å². The molecule has 4 aliphatic heterocycles. The van der Waals surface area contributed by atoms with Crippen molar-refractivity contribution in [3.05, 3.63) is 34.3 Å². The second-order valence-corrected chi connectivity index (χ2v) is 8.92. The van der Waals surface area contributed by atoms with Crippen LogP contribution in [0.3, 0.4) is 0 Å². The molecule has 23 heavy (non-hydrogen) atoms. The molecule has 0 saturated carbocycles. The second kappa shape index (κ2) is 5.40. The van der Waals surface area contributed by atoms with Crippen LogP contribution < -0.4 is 0 Å². The first-order valence-corrected chi connectivity index (χ1v) is 9.55. The Hall–Kier alpha value is -0.710. The third-order valence-corrected chi connectivity index (χ3v) is 6.54. The van der Waals surface area contributed by atoms with Crippen LogP contribution in [0.1, 0.15) is 44.8 Å². The van der Waals surface area contributed by atoms with Crippen LogP contribution in [0.25, 0.3) is 0 Å². The maximum absolute atomic E-state index is 13.2. The minimum Gasteiger partial charge on any atom is -0.298 e. The van der Waals surface area contributed by atoms with Gasteiger partial charge in [0, 0.05) is 30.7 Å². The molecule has 0 N–H and O–H groups in total. The molecule has 3 nitrogen and oxygen atoms in total. The number of carbonyl (C=O) groups is 1. The van der Waals surface area contributed by atoms with E-state index in [-0.39, 0.29) is 10.8 Å². The van der Waals surface area contributed by atoms with E-state index in [9.17, 15) is 4.79 Å². The zero-order valence-electron chi connectivity index (χ0n) is 14.0. The molecule has 1 aromatic carbocycles. The molecule has 1 aromatic rings. The van der Waals surface area contributed by atoms with Crippen molar-refractivity contribution in [1.82, 2.24) is 9.80 Å². The highest BCUT2D eigenvalue weighted by molar-refractivity contribution is 9.10. The van der Waals surface area contributed by atoms with Gasteiger partial charge < -0.3 is 0 Å². The number of halogens is 1. The van der Waals surface area contributed by atoms with E-state index in [1.165, 1.54) is 12.0 Å². The Kier molecular flexibility index (Phi) is 3.71. The summed E-state index contributed by atoms with van der Waals surface area (Å²) in [7, 11) is 0. The standard InChI is InChI=1S/C19H25BrN2O/c1-3-4-9-19-12-21-10-18(2,17(19)23)11-22(13-19)16(21)14-5-7-15(20)8-6-14/h5-8,16H,3-4,9-13H2,1-2H3. The number of benzene rings is 1. The Balaban J connectivity index is 1.68. The van der Waals surface area contributed by atoms with Crippen molar-refractivity contribution >= 4 is 21.7 Å². The molecule has 0 spiro atoms. The summed E-state index contributed by atoms with van der Waals surface area (Å²) in [4.78, 5) is 18.3. The molecule has 4 aliphatic rings. The van der Waals surface area contributed by atoms with Crippen LogP contribution in [-0.2, 0) is 4.79 Å². The van der Waals surface area contributed by atoms with Crippen molar-refractivity contribution in [3.63, 3.8) is 0 Å². The number of Topliss-reactive ketones (excluding diaryl/α,β-unsaturated/α-hetero) is 1. The number of rotatable bonds is 4. The SMILES string of the molecule is CCCCC12CN3CC(C)(CN(C1)C3c1ccc(Br)cc1)C2=O. The third kappa shape index (κ3) is 2.33. The third-order valence-electron chi connectivity index (χ3n) is 6.01. The summed E-state index contributed by atoms with van der Waals surface area (Å²) >= 11 is 3.53. The summed E-state index contributed by atoms with van der Waals surface area (Å²) in [6.07, 6.45) is 3.73. The molecule has 4 bridgehead atoms. The Labute approximate surface area is 147 Å². The maximum atomic E-state index is 13.2. The van der Waals surface area contributed by atoms with Crippen LogP contribution >= 0.6 is 15.9 Å². The van der Waals surface area contributed by atoms with Gasteiger partial charge in [-0.05, 0) is 24.1 Å². The minimum absolute atomic E-state index is 0.118. The van der Waals surface area contributed by atoms with Crippen molar-refractivity contribution in [2.45, 2.75) is 39.3 Å². The van der Waals surface area contributed by atoms with E-state index in [1.54, 1.807) is 0 Å². The van der Waals surface area contributed by atoms with Gasteiger partial charge in [0.25, 0.3) is 0 Å². The molecule has 2 unspecified atom stereocenters. The van der Waals surface area contributed by atoms with E-state index in [1.807, 2.05) is 0 Å². The smallest absolute Gasteiger partial charge is 0.150 e. The molecule has 4 saturated heterocycles. The topological polar surface area (TPSA) is 23.6 Å². The fourth-order valence-electron chi connectivity index (χ4n) is 5.23. The lowest BCUT2D eigenvalue weighted by molar-refractivity contribution is -0.201. The number of hydrogen-bond donors (Lipinski definition) is 0. The van der Waals surface area contributed by atoms with Crippen LogP contribution in [-0.4, -0.2) is 41.8 Å². The lowest BCUT2D eigenvalue weighted by atomic mass is 9.59. The molecule has 4 heterocycles. The van der Waals surface area contributed by atoms with E-state index in [0.29, 0.717) is 11.9 Å². The summed E-state index contributed by atoms with van der Waals surface area (Å²) < 4.78 is 1.12. The van der Waals surface area contributed by atoms with E-state index >= 15 is 0 Å². The molecule has 0 radical (unpaired) electrons. The van der Waals surface area contributed by atoms with Crippen LogP contribution in [0, 0.1) is 10.8 Å². The first-order valence-electron chi connectivity index (χ1n) is 8.76. The van der Waals surface area contributed by atoms with Gasteiger partial charge in [-0.2, -0.15) is 0 Å². The summed E-state index contributed by atoms with van der Waals surface area (Å²) in [5.74, 6) is 0.542. The summed E-state index contributed by atoms with van der Waals surface area (Å²) in [6, 6.07) is 8.70. The van der Waals surface area contributed by atoms with Gasteiger partial charge in [-0.3, -0.25) is 14.6 Å². The zero-order valence-corrected chi connectivity index (χ0v) is 15.6. The normalized spacial score (nSPS) is 41.5. The number of hydrogen-bond acceptors (Lipinski definition) is 3. The lowest BCUT2D eigenvalue weighted by Gasteiger charge is -2.65. The van der Waals surface area contributed by atoms with Crippen molar-refractivity contribution in [2.75, 3.05) is 26.2 Å². The van der Waals surface area contributed by atoms with Crippen molar-refractivity contribution < 1.29 is 4.79 Å². The van der Waals surface area contributed by atoms with E-state index in [2.05, 4.69) is 63.8 Å². The highest BCUT2D eigenvalue weighted by Crippen LogP contribution is 2.53. The molecule has 0 aromatic heterocycles. The molecule has 0 aliphatic carbocycles. The molecule has 4 fully saturated rings. The van der Waals surface area contributed by atoms with Gasteiger partial charge in [-0.1, -0.05) is 54.8 Å². The summed E-state index contributed by atoms with van der Waals surface area (Å²) in [5, 5.41) is 0. The summed E-state index contributed by atoms with van der Waals surface area (Å²) in [5.41, 5.74) is 1.07. The predicted octanol–water partition coefficient (Wildman–Crippen LogP) is 3.84. The quantitative estimate of drug-likeness (QED) is 0.797. The van der Waals surface area contributed by atoms with E-state index in [0.717, 1.165) is 43.5 Å². The van der Waals surface area contributed by atoms with Gasteiger partial charge in [-0.25, -0.2) is 0 Å². The number of piperidine rings is 2. The van der Waals surface area contributed by atoms with Gasteiger partial charge in [0.2, 0.25) is 0 Å². The Morgan fingerprint density at radius 2 is 1.74 bits per heavy atom. The minimum atomic E-state index is -0.171. The Morgan fingerprint density at radius 1 is 1.13 bits per heavy atom. The first-order chi connectivity index (χ1) is 11.0. The number of ketones is 1. The predicted molar refractivity (Wildman–Crippen MR) is 95.1 cm³/mol. The molecule has 0 amide bonds. The Morgan fingerprint density at radius 3 is 2.30 bits per heavy atom. The Bertz CT molecular complexity index is 611. The molecule has 5 rings (SSSR count). The van der Waals surface area contributed by atoms with E-state index < -0.39 is 0 Å². The largest absolute Gasteiger partial charge is 0.298 e. The van der Waals surface area contributed by atoms with Crippen molar-refractivity contribution in [2.24, 2.45) is 10.8 Å². The van der Waals surface area contributed by atoms with Crippen LogP contribution in [0.4, 0.5) is 0 Å². The van der Waals surface area contributed by atoms with Gasteiger partial charge in [0.1, 0.15) is 5.78 Å². The molecule has 2 atom stereocenters. The summed E-state index contributed by atoms with van der Waals surface area (Å²) in [6.45, 7) is 8.12. The highest BCUT2D eigenvalue weighted by atomic mass is 79.9. The number of carbonyl (C=O) groups excluding carboxylic acids is 1. The molecular weight excluding hydrogens is 352 g/mol. The first kappa shape index (κ1) is 15.8. The second-order valence-electron chi connectivity index (χ2n) is 8.01. The van der Waals surface area contributed by atoms with Crippen LogP contribution in [0.2, 0.25) is 0 Å². The van der Waals surface area contributed by atoms with Crippen molar-refractivity contribution in [1.29, 1.82) is 0 Å². The zero-order chi connectivity index (χ0) is 16.2. The monoisotopic (exact) mass is 376 g/mol. The fourth-order valence-corrected chi connectivity index (χ4v) is 5.50. The van der Waals surface area contributed by atoms with Crippen LogP contribution in [0.15, 0.2) is 28.7 Å². The molecular formula is C19H25BrN2O. The number of unbranched alkanes of at least 4 members (excludes halogenated alkanes) is 1. The maximum Gasteiger partial charge on any atom is 0.150 e.